The van der Waals surface area contributed by atoms with E-state index in [9.17, 15) is 18.0 Å². The second-order valence-electron chi connectivity index (χ2n) is 6.79. The normalized spacial score (nSPS) is 28.9. The average Bonchev–Trinajstić information content (AvgIpc) is 2.77. The monoisotopic (exact) mass is 341 g/mol. The fraction of sp³-hybridized carbons (Fsp3) is 0.800. The molecule has 0 spiro atoms. The van der Waals surface area contributed by atoms with Gasteiger partial charge in [0.25, 0.3) is 5.91 Å². The summed E-state index contributed by atoms with van der Waals surface area (Å²) < 4.78 is 23.2. The first-order valence-corrected chi connectivity index (χ1v) is 10.1. The second kappa shape index (κ2) is 6.22. The van der Waals surface area contributed by atoms with Crippen molar-refractivity contribution in [2.24, 2.45) is 11.0 Å². The number of hydrogen-bond donors (Lipinski definition) is 1. The first-order valence-electron chi connectivity index (χ1n) is 8.26. The Bertz CT molecular complexity index is 639. The van der Waals surface area contributed by atoms with E-state index in [1.165, 1.54) is 11.4 Å². The summed E-state index contributed by atoms with van der Waals surface area (Å²) in [6.45, 7) is 2.00. The molecule has 128 valence electrons. The summed E-state index contributed by atoms with van der Waals surface area (Å²) in [5, 5.41) is 8.39. The molecule has 1 N–H and O–H groups in total. The fourth-order valence-electron chi connectivity index (χ4n) is 3.34. The number of amides is 2. The molecule has 3 aliphatic rings. The van der Waals surface area contributed by atoms with E-state index >= 15 is 0 Å². The number of sulfone groups is 1. The van der Waals surface area contributed by atoms with Crippen molar-refractivity contribution in [1.82, 2.24) is 10.3 Å². The fourth-order valence-corrected chi connectivity index (χ4v) is 5.03. The maximum absolute atomic E-state index is 12.3. The lowest BCUT2D eigenvalue weighted by Gasteiger charge is -2.32. The topological polar surface area (TPSA) is 95.9 Å². The first-order chi connectivity index (χ1) is 10.9. The van der Waals surface area contributed by atoms with Crippen LogP contribution in [-0.4, -0.2) is 54.5 Å². The molecule has 8 heteroatoms. The lowest BCUT2D eigenvalue weighted by molar-refractivity contribution is -0.133. The van der Waals surface area contributed by atoms with Crippen LogP contribution in [0.15, 0.2) is 5.10 Å². The van der Waals surface area contributed by atoms with Crippen molar-refractivity contribution < 1.29 is 18.0 Å². The Balaban J connectivity index is 1.68. The third kappa shape index (κ3) is 3.57. The van der Waals surface area contributed by atoms with E-state index in [2.05, 4.69) is 10.4 Å². The van der Waals surface area contributed by atoms with E-state index in [-0.39, 0.29) is 35.8 Å². The van der Waals surface area contributed by atoms with Gasteiger partial charge in [-0.15, -0.1) is 0 Å². The van der Waals surface area contributed by atoms with Crippen molar-refractivity contribution in [2.45, 2.75) is 57.5 Å². The molecule has 2 aliphatic heterocycles. The number of carbonyl (C=O) groups excluding carboxylic acids is 2. The molecule has 0 aromatic heterocycles. The maximum atomic E-state index is 12.3. The molecule has 1 aliphatic carbocycles. The van der Waals surface area contributed by atoms with E-state index in [1.807, 2.05) is 6.92 Å². The number of hydrogen-bond acceptors (Lipinski definition) is 5. The Morgan fingerprint density at radius 3 is 2.61 bits per heavy atom. The Hall–Kier alpha value is -1.44. The molecule has 2 amide bonds. The van der Waals surface area contributed by atoms with Crippen molar-refractivity contribution in [3.63, 3.8) is 0 Å². The smallest absolute Gasteiger partial charge is 0.267 e. The summed E-state index contributed by atoms with van der Waals surface area (Å²) in [4.78, 5) is 24.4. The van der Waals surface area contributed by atoms with Crippen molar-refractivity contribution in [3.8, 4) is 0 Å². The summed E-state index contributed by atoms with van der Waals surface area (Å²) in [5.41, 5.74) is 0.333. The minimum Gasteiger partial charge on any atom is -0.348 e. The standard InChI is InChI=1S/C15H23N3O4S/c1-10(11-3-2-4-11)16-15(20)13-5-6-14(19)18(17-13)12-7-8-23(21,22)9-12/h10-12H,2-9H2,1H3,(H,16,20)/t10-,12+/m1/s1. The highest BCUT2D eigenvalue weighted by molar-refractivity contribution is 7.91. The van der Waals surface area contributed by atoms with Crippen molar-refractivity contribution >= 4 is 27.4 Å². The zero-order valence-corrected chi connectivity index (χ0v) is 14.1. The summed E-state index contributed by atoms with van der Waals surface area (Å²) >= 11 is 0. The van der Waals surface area contributed by atoms with Crippen LogP contribution < -0.4 is 5.32 Å². The highest BCUT2D eigenvalue weighted by Gasteiger charge is 2.37. The van der Waals surface area contributed by atoms with Crippen molar-refractivity contribution in [3.05, 3.63) is 0 Å². The van der Waals surface area contributed by atoms with E-state index in [0.29, 0.717) is 24.5 Å². The molecular formula is C15H23N3O4S. The molecule has 2 heterocycles. The number of hydrazone groups is 1. The van der Waals surface area contributed by atoms with Gasteiger partial charge in [0.05, 0.1) is 17.5 Å². The van der Waals surface area contributed by atoms with Gasteiger partial charge in [0.1, 0.15) is 5.71 Å². The molecule has 7 nitrogen and oxygen atoms in total. The molecule has 1 saturated heterocycles. The predicted octanol–water partition coefficient (Wildman–Crippen LogP) is 0.457. The number of carbonyl (C=O) groups is 2. The highest BCUT2D eigenvalue weighted by atomic mass is 32.2. The second-order valence-corrected chi connectivity index (χ2v) is 9.02. The van der Waals surface area contributed by atoms with Crippen LogP contribution in [0, 0.1) is 5.92 Å². The van der Waals surface area contributed by atoms with E-state index in [0.717, 1.165) is 12.8 Å². The third-order valence-electron chi connectivity index (χ3n) is 5.09. The molecule has 0 aromatic rings. The summed E-state index contributed by atoms with van der Waals surface area (Å²) in [7, 11) is -3.10. The molecule has 0 bridgehead atoms. The van der Waals surface area contributed by atoms with Crippen LogP contribution in [0.5, 0.6) is 0 Å². The first kappa shape index (κ1) is 16.4. The maximum Gasteiger partial charge on any atom is 0.267 e. The molecule has 3 rings (SSSR count). The van der Waals surface area contributed by atoms with Gasteiger partial charge in [-0.3, -0.25) is 9.59 Å². The lowest BCUT2D eigenvalue weighted by Crippen LogP contribution is -2.47. The molecule has 1 saturated carbocycles. The van der Waals surface area contributed by atoms with Crippen molar-refractivity contribution in [2.75, 3.05) is 11.5 Å². The summed E-state index contributed by atoms with van der Waals surface area (Å²) in [5.74, 6) is 0.117. The van der Waals surface area contributed by atoms with E-state index < -0.39 is 15.9 Å². The quantitative estimate of drug-likeness (QED) is 0.803. The molecule has 2 atom stereocenters. The van der Waals surface area contributed by atoms with Crippen LogP contribution in [0.4, 0.5) is 0 Å². The Morgan fingerprint density at radius 2 is 2.04 bits per heavy atom. The Labute approximate surface area is 136 Å². The minimum atomic E-state index is -3.10. The summed E-state index contributed by atoms with van der Waals surface area (Å²) in [6, 6.07) is -0.323. The average molecular weight is 341 g/mol. The lowest BCUT2D eigenvalue weighted by atomic mass is 9.80. The predicted molar refractivity (Wildman–Crippen MR) is 85.5 cm³/mol. The number of nitrogens with zero attached hydrogens (tertiary/aromatic N) is 2. The van der Waals surface area contributed by atoms with E-state index in [4.69, 9.17) is 0 Å². The van der Waals surface area contributed by atoms with Crippen LogP contribution in [-0.2, 0) is 19.4 Å². The number of rotatable bonds is 4. The van der Waals surface area contributed by atoms with Gasteiger partial charge in [0.15, 0.2) is 9.84 Å². The van der Waals surface area contributed by atoms with Crippen molar-refractivity contribution in [1.29, 1.82) is 0 Å². The van der Waals surface area contributed by atoms with Crippen LogP contribution in [0.1, 0.15) is 45.4 Å². The molecular weight excluding hydrogens is 318 g/mol. The SMILES string of the molecule is C[C@@H](NC(=O)C1=NN([C@H]2CCS(=O)(=O)C2)C(=O)CC1)C1CCC1. The molecule has 0 radical (unpaired) electrons. The van der Waals surface area contributed by atoms with Gasteiger partial charge in [0.2, 0.25) is 5.91 Å². The summed E-state index contributed by atoms with van der Waals surface area (Å²) in [6.07, 6.45) is 4.41. The van der Waals surface area contributed by atoms with Gasteiger partial charge in [0, 0.05) is 18.9 Å². The van der Waals surface area contributed by atoms with Gasteiger partial charge in [-0.2, -0.15) is 5.10 Å². The van der Waals surface area contributed by atoms with Gasteiger partial charge in [-0.1, -0.05) is 6.42 Å². The van der Waals surface area contributed by atoms with Crippen LogP contribution in [0.3, 0.4) is 0 Å². The van der Waals surface area contributed by atoms with Gasteiger partial charge < -0.3 is 5.32 Å². The van der Waals surface area contributed by atoms with E-state index in [1.54, 1.807) is 0 Å². The van der Waals surface area contributed by atoms with Crippen LogP contribution >= 0.6 is 0 Å². The Kier molecular flexibility index (Phi) is 4.44. The van der Waals surface area contributed by atoms with Gasteiger partial charge in [-0.25, -0.2) is 13.4 Å². The molecule has 0 aromatic carbocycles. The third-order valence-corrected chi connectivity index (χ3v) is 6.84. The number of nitrogens with one attached hydrogen (secondary N) is 1. The molecule has 2 fully saturated rings. The van der Waals surface area contributed by atoms with Gasteiger partial charge >= 0.3 is 0 Å². The molecule has 0 unspecified atom stereocenters. The zero-order valence-electron chi connectivity index (χ0n) is 13.3. The van der Waals surface area contributed by atoms with Gasteiger partial charge in [-0.05, 0) is 32.1 Å². The minimum absolute atomic E-state index is 0.0599. The van der Waals surface area contributed by atoms with Crippen LogP contribution in [0.2, 0.25) is 0 Å². The largest absolute Gasteiger partial charge is 0.348 e. The van der Waals surface area contributed by atoms with Crippen LogP contribution in [0.25, 0.3) is 0 Å². The zero-order chi connectivity index (χ0) is 16.6. The highest BCUT2D eigenvalue weighted by Crippen LogP contribution is 2.29. The Morgan fingerprint density at radius 1 is 1.30 bits per heavy atom. The molecule has 23 heavy (non-hydrogen) atoms.